The van der Waals surface area contributed by atoms with E-state index in [2.05, 4.69) is 5.32 Å². The van der Waals surface area contributed by atoms with Gasteiger partial charge < -0.3 is 15.2 Å². The van der Waals surface area contributed by atoms with E-state index in [0.29, 0.717) is 30.7 Å². The summed E-state index contributed by atoms with van der Waals surface area (Å²) >= 11 is 0. The van der Waals surface area contributed by atoms with Crippen LogP contribution in [0.1, 0.15) is 25.3 Å². The van der Waals surface area contributed by atoms with Gasteiger partial charge in [0, 0.05) is 12.1 Å². The van der Waals surface area contributed by atoms with Crippen molar-refractivity contribution in [3.63, 3.8) is 0 Å². The van der Waals surface area contributed by atoms with Crippen LogP contribution in [0.3, 0.4) is 0 Å². The van der Waals surface area contributed by atoms with E-state index in [9.17, 15) is 9.18 Å². The van der Waals surface area contributed by atoms with Gasteiger partial charge in [0.15, 0.2) is 6.10 Å². The van der Waals surface area contributed by atoms with Crippen LogP contribution < -0.4 is 10.1 Å². The normalized spacial score (nSPS) is 12.2. The van der Waals surface area contributed by atoms with E-state index in [1.807, 2.05) is 6.92 Å². The van der Waals surface area contributed by atoms with Crippen molar-refractivity contribution in [2.45, 2.75) is 32.4 Å². The highest BCUT2D eigenvalue weighted by molar-refractivity contribution is 5.72. The number of rotatable bonds is 7. The fourth-order valence-corrected chi connectivity index (χ4v) is 1.64. The zero-order valence-corrected chi connectivity index (χ0v) is 10.6. The topological polar surface area (TPSA) is 58.6 Å². The predicted octanol–water partition coefficient (Wildman–Crippen LogP) is 2.18. The molecule has 0 spiro atoms. The van der Waals surface area contributed by atoms with Crippen molar-refractivity contribution >= 4 is 5.97 Å². The van der Waals surface area contributed by atoms with E-state index < -0.39 is 12.1 Å². The minimum Gasteiger partial charge on any atom is -0.479 e. The van der Waals surface area contributed by atoms with Crippen LogP contribution in [0, 0.1) is 5.82 Å². The van der Waals surface area contributed by atoms with Gasteiger partial charge in [0.2, 0.25) is 0 Å². The van der Waals surface area contributed by atoms with Crippen LogP contribution >= 0.6 is 0 Å². The molecule has 0 saturated heterocycles. The van der Waals surface area contributed by atoms with Crippen molar-refractivity contribution in [3.05, 3.63) is 29.6 Å². The lowest BCUT2D eigenvalue weighted by Crippen LogP contribution is -2.27. The summed E-state index contributed by atoms with van der Waals surface area (Å²) in [7, 11) is 1.73. The molecule has 0 aliphatic heterocycles. The molecule has 0 heterocycles. The second kappa shape index (κ2) is 6.96. The summed E-state index contributed by atoms with van der Waals surface area (Å²) in [6.45, 7) is 2.31. The van der Waals surface area contributed by atoms with Crippen molar-refractivity contribution < 1.29 is 19.0 Å². The highest BCUT2D eigenvalue weighted by atomic mass is 19.1. The summed E-state index contributed by atoms with van der Waals surface area (Å²) in [6, 6.07) is 4.07. The molecule has 2 N–H and O–H groups in total. The average molecular weight is 255 g/mol. The third-order valence-electron chi connectivity index (χ3n) is 2.49. The maximum absolute atomic E-state index is 13.1. The number of nitrogens with one attached hydrogen (secondary N) is 1. The van der Waals surface area contributed by atoms with Gasteiger partial charge in [0.25, 0.3) is 0 Å². The van der Waals surface area contributed by atoms with Gasteiger partial charge in [-0.05, 0) is 31.7 Å². The quantitative estimate of drug-likeness (QED) is 0.784. The number of hydrogen-bond acceptors (Lipinski definition) is 3. The first kappa shape index (κ1) is 14.4. The van der Waals surface area contributed by atoms with Gasteiger partial charge in [-0.3, -0.25) is 0 Å². The van der Waals surface area contributed by atoms with Crippen molar-refractivity contribution in [1.82, 2.24) is 5.32 Å². The molecule has 0 saturated carbocycles. The smallest absolute Gasteiger partial charge is 0.344 e. The van der Waals surface area contributed by atoms with Crippen LogP contribution in [-0.2, 0) is 11.3 Å². The summed E-state index contributed by atoms with van der Waals surface area (Å²) in [5.41, 5.74) is 0.611. The number of halogens is 1. The zero-order valence-electron chi connectivity index (χ0n) is 10.6. The number of benzene rings is 1. The Hall–Kier alpha value is -1.62. The largest absolute Gasteiger partial charge is 0.479 e. The number of carboxylic acid groups (broad SMARTS) is 1. The summed E-state index contributed by atoms with van der Waals surface area (Å²) in [6.07, 6.45) is 0.238. The number of carboxylic acids is 1. The molecule has 0 radical (unpaired) electrons. The Bertz CT molecular complexity index is 409. The van der Waals surface area contributed by atoms with E-state index in [1.165, 1.54) is 18.2 Å². The van der Waals surface area contributed by atoms with Crippen LogP contribution in [0.5, 0.6) is 5.75 Å². The molecule has 0 aliphatic rings. The molecule has 0 bridgehead atoms. The molecule has 1 aromatic rings. The van der Waals surface area contributed by atoms with Crippen LogP contribution in [0.25, 0.3) is 0 Å². The van der Waals surface area contributed by atoms with Crippen LogP contribution in [0.2, 0.25) is 0 Å². The van der Waals surface area contributed by atoms with Gasteiger partial charge in [0.05, 0.1) is 0 Å². The van der Waals surface area contributed by atoms with E-state index in [1.54, 1.807) is 7.05 Å². The van der Waals surface area contributed by atoms with Crippen molar-refractivity contribution in [3.8, 4) is 5.75 Å². The lowest BCUT2D eigenvalue weighted by molar-refractivity contribution is -0.145. The summed E-state index contributed by atoms with van der Waals surface area (Å²) in [5.74, 6) is -0.960. The molecule has 1 rings (SSSR count). The second-order valence-corrected chi connectivity index (χ2v) is 4.02. The fourth-order valence-electron chi connectivity index (χ4n) is 1.64. The number of aliphatic carboxylic acids is 1. The fraction of sp³-hybridized carbons (Fsp3) is 0.462. The summed E-state index contributed by atoms with van der Waals surface area (Å²) in [4.78, 5) is 11.0. The molecule has 5 heteroatoms. The van der Waals surface area contributed by atoms with E-state index in [-0.39, 0.29) is 5.82 Å². The maximum Gasteiger partial charge on any atom is 0.344 e. The predicted molar refractivity (Wildman–Crippen MR) is 66.1 cm³/mol. The Morgan fingerprint density at radius 3 is 2.83 bits per heavy atom. The molecule has 1 unspecified atom stereocenters. The summed E-state index contributed by atoms with van der Waals surface area (Å²) in [5, 5.41) is 11.9. The third-order valence-corrected chi connectivity index (χ3v) is 2.49. The Labute approximate surface area is 106 Å². The van der Waals surface area contributed by atoms with Gasteiger partial charge in [-0.15, -0.1) is 0 Å². The molecular weight excluding hydrogens is 237 g/mol. The third kappa shape index (κ3) is 4.00. The van der Waals surface area contributed by atoms with Crippen molar-refractivity contribution in [1.29, 1.82) is 0 Å². The van der Waals surface area contributed by atoms with Crippen molar-refractivity contribution in [2.75, 3.05) is 7.05 Å². The molecule has 0 fully saturated rings. The molecule has 18 heavy (non-hydrogen) atoms. The highest BCUT2D eigenvalue weighted by Gasteiger charge is 2.19. The lowest BCUT2D eigenvalue weighted by atomic mass is 10.1. The average Bonchev–Trinajstić information content (AvgIpc) is 2.31. The second-order valence-electron chi connectivity index (χ2n) is 4.02. The first-order chi connectivity index (χ1) is 8.58. The molecule has 100 valence electrons. The maximum atomic E-state index is 13.1. The highest BCUT2D eigenvalue weighted by Crippen LogP contribution is 2.22. The van der Waals surface area contributed by atoms with Crippen LogP contribution in [-0.4, -0.2) is 24.2 Å². The SMILES string of the molecule is CCCC(Oc1ccc(F)cc1CNC)C(=O)O. The number of carbonyl (C=O) groups is 1. The van der Waals surface area contributed by atoms with Crippen LogP contribution in [0.15, 0.2) is 18.2 Å². The Balaban J connectivity index is 2.90. The molecule has 0 amide bonds. The van der Waals surface area contributed by atoms with Gasteiger partial charge in [0.1, 0.15) is 11.6 Å². The first-order valence-corrected chi connectivity index (χ1v) is 5.91. The van der Waals surface area contributed by atoms with E-state index >= 15 is 0 Å². The minimum atomic E-state index is -1.00. The monoisotopic (exact) mass is 255 g/mol. The van der Waals surface area contributed by atoms with Crippen LogP contribution in [0.4, 0.5) is 4.39 Å². The van der Waals surface area contributed by atoms with E-state index in [0.717, 1.165) is 0 Å². The van der Waals surface area contributed by atoms with E-state index in [4.69, 9.17) is 9.84 Å². The number of hydrogen-bond donors (Lipinski definition) is 2. The molecule has 1 aromatic carbocycles. The summed E-state index contributed by atoms with van der Waals surface area (Å²) < 4.78 is 18.6. The Morgan fingerprint density at radius 2 is 2.28 bits per heavy atom. The van der Waals surface area contributed by atoms with Gasteiger partial charge in [-0.2, -0.15) is 0 Å². The van der Waals surface area contributed by atoms with Crippen molar-refractivity contribution in [2.24, 2.45) is 0 Å². The lowest BCUT2D eigenvalue weighted by Gasteiger charge is -2.17. The molecule has 1 atom stereocenters. The zero-order chi connectivity index (χ0) is 13.5. The number of ether oxygens (including phenoxy) is 1. The van der Waals surface area contributed by atoms with Gasteiger partial charge >= 0.3 is 5.97 Å². The Morgan fingerprint density at radius 1 is 1.56 bits per heavy atom. The molecule has 0 aliphatic carbocycles. The molecule has 0 aromatic heterocycles. The Kier molecular flexibility index (Phi) is 5.58. The van der Waals surface area contributed by atoms with Gasteiger partial charge in [-0.1, -0.05) is 13.3 Å². The first-order valence-electron chi connectivity index (χ1n) is 5.91. The molecular formula is C13H18FNO3. The molecule has 4 nitrogen and oxygen atoms in total. The standard InChI is InChI=1S/C13H18FNO3/c1-3-4-12(13(16)17)18-11-6-5-10(14)7-9(11)8-15-2/h5-7,12,15H,3-4,8H2,1-2H3,(H,16,17). The van der Waals surface area contributed by atoms with Gasteiger partial charge in [-0.25, -0.2) is 9.18 Å². The minimum absolute atomic E-state index is 0.366.